The zero-order valence-corrected chi connectivity index (χ0v) is 10.1. The van der Waals surface area contributed by atoms with Crippen LogP contribution in [0.25, 0.3) is 0 Å². The van der Waals surface area contributed by atoms with Crippen molar-refractivity contribution in [3.8, 4) is 0 Å². The molecule has 0 aromatic rings. The third-order valence-electron chi connectivity index (χ3n) is 2.55. The highest BCUT2D eigenvalue weighted by molar-refractivity contribution is 6.69. The third-order valence-corrected chi connectivity index (χ3v) is 3.56. The molecule has 12 heavy (non-hydrogen) atoms. The molecule has 0 radical (unpaired) electrons. The van der Waals surface area contributed by atoms with Crippen LogP contribution in [0.3, 0.4) is 0 Å². The Hall–Kier alpha value is 0.177. The molecule has 0 aliphatic heterocycles. The molecule has 1 nitrogen and oxygen atoms in total. The van der Waals surface area contributed by atoms with Crippen LogP contribution in [0.1, 0.15) is 26.7 Å². The van der Waals surface area contributed by atoms with Crippen molar-refractivity contribution in [2.24, 2.45) is 11.8 Å². The number of rotatable bonds is 2. The van der Waals surface area contributed by atoms with E-state index in [4.69, 9.17) is 4.43 Å². The van der Waals surface area contributed by atoms with Crippen molar-refractivity contribution in [3.05, 3.63) is 0 Å². The largest absolute Gasteiger partial charge is 0.414 e. The first-order valence-electron chi connectivity index (χ1n) is 5.06. The van der Waals surface area contributed by atoms with E-state index in [2.05, 4.69) is 33.5 Å². The van der Waals surface area contributed by atoms with Gasteiger partial charge in [0.15, 0.2) is 8.32 Å². The minimum Gasteiger partial charge on any atom is -0.414 e. The van der Waals surface area contributed by atoms with E-state index in [0.717, 1.165) is 11.8 Å². The SMILES string of the molecule is CC1CC(C)C(O[Si](C)(C)C)C1. The molecule has 1 saturated carbocycles. The lowest BCUT2D eigenvalue weighted by Gasteiger charge is -2.26. The van der Waals surface area contributed by atoms with Crippen LogP contribution < -0.4 is 0 Å². The van der Waals surface area contributed by atoms with Crippen LogP contribution in [0.2, 0.25) is 19.6 Å². The summed E-state index contributed by atoms with van der Waals surface area (Å²) in [7, 11) is -1.29. The lowest BCUT2D eigenvalue weighted by Crippen LogP contribution is -2.33. The molecule has 3 unspecified atom stereocenters. The summed E-state index contributed by atoms with van der Waals surface area (Å²) in [5, 5.41) is 0. The Balaban J connectivity index is 2.43. The van der Waals surface area contributed by atoms with Gasteiger partial charge in [-0.25, -0.2) is 0 Å². The Bertz CT molecular complexity index is 150. The summed E-state index contributed by atoms with van der Waals surface area (Å²) in [6.07, 6.45) is 3.20. The maximum Gasteiger partial charge on any atom is 0.184 e. The highest BCUT2D eigenvalue weighted by Gasteiger charge is 2.32. The second kappa shape index (κ2) is 3.50. The predicted molar refractivity (Wildman–Crippen MR) is 55.8 cm³/mol. The highest BCUT2D eigenvalue weighted by atomic mass is 28.4. The highest BCUT2D eigenvalue weighted by Crippen LogP contribution is 2.34. The Morgan fingerprint density at radius 2 is 1.67 bits per heavy atom. The smallest absolute Gasteiger partial charge is 0.184 e. The van der Waals surface area contributed by atoms with E-state index in [1.54, 1.807) is 0 Å². The molecule has 0 aromatic carbocycles. The molecule has 1 rings (SSSR count). The summed E-state index contributed by atoms with van der Waals surface area (Å²) in [5.41, 5.74) is 0. The summed E-state index contributed by atoms with van der Waals surface area (Å²) >= 11 is 0. The summed E-state index contributed by atoms with van der Waals surface area (Å²) in [5.74, 6) is 1.66. The molecule has 0 saturated heterocycles. The van der Waals surface area contributed by atoms with E-state index in [1.165, 1.54) is 12.8 Å². The Labute approximate surface area is 77.6 Å². The molecule has 0 heterocycles. The second-order valence-electron chi connectivity index (χ2n) is 5.32. The average Bonchev–Trinajstić information content (AvgIpc) is 2.06. The van der Waals surface area contributed by atoms with Gasteiger partial charge in [0.05, 0.1) is 0 Å². The van der Waals surface area contributed by atoms with Gasteiger partial charge >= 0.3 is 0 Å². The first-order chi connectivity index (χ1) is 5.38. The van der Waals surface area contributed by atoms with Gasteiger partial charge in [0.2, 0.25) is 0 Å². The maximum absolute atomic E-state index is 6.12. The second-order valence-corrected chi connectivity index (χ2v) is 9.78. The van der Waals surface area contributed by atoms with Crippen molar-refractivity contribution in [2.75, 3.05) is 0 Å². The van der Waals surface area contributed by atoms with E-state index in [-0.39, 0.29) is 0 Å². The molecule has 0 spiro atoms. The molecule has 1 aliphatic carbocycles. The van der Waals surface area contributed by atoms with Gasteiger partial charge in [-0.15, -0.1) is 0 Å². The van der Waals surface area contributed by atoms with Gasteiger partial charge in [-0.2, -0.15) is 0 Å². The molecule has 1 fully saturated rings. The quantitative estimate of drug-likeness (QED) is 0.601. The van der Waals surface area contributed by atoms with Crippen molar-refractivity contribution in [3.63, 3.8) is 0 Å². The van der Waals surface area contributed by atoms with Crippen LogP contribution in [0.15, 0.2) is 0 Å². The fourth-order valence-electron chi connectivity index (χ4n) is 2.13. The fraction of sp³-hybridized carbons (Fsp3) is 1.00. The first-order valence-corrected chi connectivity index (χ1v) is 8.47. The number of hydrogen-bond donors (Lipinski definition) is 0. The molecule has 2 heteroatoms. The van der Waals surface area contributed by atoms with Crippen molar-refractivity contribution in [1.82, 2.24) is 0 Å². The monoisotopic (exact) mass is 186 g/mol. The predicted octanol–water partition coefficient (Wildman–Crippen LogP) is 3.27. The minimum atomic E-state index is -1.29. The van der Waals surface area contributed by atoms with Crippen LogP contribution in [-0.2, 0) is 4.43 Å². The van der Waals surface area contributed by atoms with Crippen LogP contribution in [0.4, 0.5) is 0 Å². The Kier molecular flexibility index (Phi) is 3.00. The average molecular weight is 186 g/mol. The zero-order chi connectivity index (χ0) is 9.35. The molecule has 0 aromatic heterocycles. The summed E-state index contributed by atoms with van der Waals surface area (Å²) < 4.78 is 6.12. The van der Waals surface area contributed by atoms with Crippen LogP contribution in [0, 0.1) is 11.8 Å². The Morgan fingerprint density at radius 1 is 1.08 bits per heavy atom. The van der Waals surface area contributed by atoms with Gasteiger partial charge in [0.1, 0.15) is 0 Å². The van der Waals surface area contributed by atoms with Crippen LogP contribution in [0.5, 0.6) is 0 Å². The van der Waals surface area contributed by atoms with E-state index in [9.17, 15) is 0 Å². The van der Waals surface area contributed by atoms with Crippen molar-refractivity contribution >= 4 is 8.32 Å². The van der Waals surface area contributed by atoms with Crippen molar-refractivity contribution in [1.29, 1.82) is 0 Å². The normalized spacial score (nSPS) is 37.2. The number of hydrogen-bond acceptors (Lipinski definition) is 1. The third kappa shape index (κ3) is 2.90. The summed E-state index contributed by atoms with van der Waals surface area (Å²) in [6, 6.07) is 0. The van der Waals surface area contributed by atoms with E-state index >= 15 is 0 Å². The van der Waals surface area contributed by atoms with E-state index in [0.29, 0.717) is 6.10 Å². The molecule has 0 bridgehead atoms. The van der Waals surface area contributed by atoms with Crippen molar-refractivity contribution in [2.45, 2.75) is 52.4 Å². The minimum absolute atomic E-state index is 0.562. The molecular formula is C10H22OSi. The van der Waals surface area contributed by atoms with Gasteiger partial charge in [-0.3, -0.25) is 0 Å². The van der Waals surface area contributed by atoms with Gasteiger partial charge in [-0.1, -0.05) is 13.8 Å². The lowest BCUT2D eigenvalue weighted by molar-refractivity contribution is 0.158. The summed E-state index contributed by atoms with van der Waals surface area (Å²) in [6.45, 7) is 11.5. The Morgan fingerprint density at radius 3 is 2.00 bits per heavy atom. The van der Waals surface area contributed by atoms with Crippen molar-refractivity contribution < 1.29 is 4.43 Å². The maximum atomic E-state index is 6.12. The molecule has 72 valence electrons. The molecule has 0 amide bonds. The first kappa shape index (κ1) is 10.3. The lowest BCUT2D eigenvalue weighted by atomic mass is 10.1. The van der Waals surface area contributed by atoms with Gasteiger partial charge in [-0.05, 0) is 44.3 Å². The summed E-state index contributed by atoms with van der Waals surface area (Å²) in [4.78, 5) is 0. The van der Waals surface area contributed by atoms with Gasteiger partial charge < -0.3 is 4.43 Å². The van der Waals surface area contributed by atoms with Gasteiger partial charge in [0, 0.05) is 6.10 Å². The molecular weight excluding hydrogens is 164 g/mol. The van der Waals surface area contributed by atoms with Crippen LogP contribution >= 0.6 is 0 Å². The zero-order valence-electron chi connectivity index (χ0n) is 9.05. The molecule has 1 aliphatic rings. The van der Waals surface area contributed by atoms with Gasteiger partial charge in [0.25, 0.3) is 0 Å². The van der Waals surface area contributed by atoms with E-state index in [1.807, 2.05) is 0 Å². The molecule has 3 atom stereocenters. The van der Waals surface area contributed by atoms with E-state index < -0.39 is 8.32 Å². The fourth-order valence-corrected chi connectivity index (χ4v) is 3.37. The topological polar surface area (TPSA) is 9.23 Å². The molecule has 0 N–H and O–H groups in total. The standard InChI is InChI=1S/C10H22OSi/c1-8-6-9(2)10(7-8)11-12(3,4)5/h8-10H,6-7H2,1-5H3. The van der Waals surface area contributed by atoms with Crippen LogP contribution in [-0.4, -0.2) is 14.4 Å².